The Morgan fingerprint density at radius 3 is 1.87 bits per heavy atom. The van der Waals surface area contributed by atoms with Crippen LogP contribution >= 0.6 is 18.6 Å². The van der Waals surface area contributed by atoms with Crippen molar-refractivity contribution in [1.29, 1.82) is 0 Å². The van der Waals surface area contributed by atoms with E-state index in [1.54, 1.807) is 0 Å². The average Bonchev–Trinajstić information content (AvgIpc) is 2.56. The predicted molar refractivity (Wildman–Crippen MR) is 64.7 cm³/mol. The van der Waals surface area contributed by atoms with E-state index in [0.717, 1.165) is 0 Å². The van der Waals surface area contributed by atoms with Crippen LogP contribution in [-0.4, -0.2) is 0 Å². The maximum atomic E-state index is 4.89. The summed E-state index contributed by atoms with van der Waals surface area (Å²) in [5.41, 5.74) is 6.94. The Bertz CT molecular complexity index is 383. The van der Waals surface area contributed by atoms with Crippen molar-refractivity contribution >= 4 is 24.7 Å². The summed E-state index contributed by atoms with van der Waals surface area (Å²) in [5.74, 6) is 0. The molecular formula is C12H13Cl2Ti. The molecule has 1 radical (unpaired) electrons. The van der Waals surface area contributed by atoms with Crippen LogP contribution in [0.15, 0.2) is 17.7 Å². The first kappa shape index (κ1) is 13.3. The van der Waals surface area contributed by atoms with Crippen molar-refractivity contribution in [3.63, 3.8) is 0 Å². The molecule has 0 bridgehead atoms. The average molecular weight is 276 g/mol. The Labute approximate surface area is 108 Å². The molecule has 0 N–H and O–H groups in total. The Hall–Kier alpha value is 0.254. The summed E-state index contributed by atoms with van der Waals surface area (Å²) in [4.78, 5) is 0. The van der Waals surface area contributed by atoms with Crippen LogP contribution in [0.2, 0.25) is 0 Å². The fraction of sp³-hybridized carbons (Fsp3) is 0.250. The topological polar surface area (TPSA) is 0 Å². The van der Waals surface area contributed by atoms with Crippen LogP contribution in [-0.2, 0) is 17.0 Å². The number of halogens is 2. The van der Waals surface area contributed by atoms with Crippen molar-refractivity contribution in [3.05, 3.63) is 46.4 Å². The molecule has 0 atom stereocenters. The number of fused-ring (bicyclic) bond motifs is 1. The van der Waals surface area contributed by atoms with Crippen molar-refractivity contribution in [3.8, 4) is 0 Å². The second-order valence-corrected chi connectivity index (χ2v) is 6.21. The molecule has 2 rings (SSSR count). The van der Waals surface area contributed by atoms with E-state index >= 15 is 0 Å². The van der Waals surface area contributed by atoms with E-state index in [4.69, 9.17) is 18.6 Å². The van der Waals surface area contributed by atoms with Crippen LogP contribution in [0.25, 0.3) is 6.08 Å². The van der Waals surface area contributed by atoms with Gasteiger partial charge in [0.25, 0.3) is 0 Å². The number of allylic oxidation sites excluding steroid dienone is 1. The van der Waals surface area contributed by atoms with E-state index < -0.39 is 17.0 Å². The molecule has 0 saturated heterocycles. The van der Waals surface area contributed by atoms with Crippen LogP contribution in [0.3, 0.4) is 0 Å². The van der Waals surface area contributed by atoms with Gasteiger partial charge in [-0.3, -0.25) is 0 Å². The van der Waals surface area contributed by atoms with Gasteiger partial charge in [0.05, 0.1) is 0 Å². The quantitative estimate of drug-likeness (QED) is 0.605. The number of hydrogen-bond acceptors (Lipinski definition) is 0. The van der Waals surface area contributed by atoms with Crippen LogP contribution < -0.4 is 0 Å². The summed E-state index contributed by atoms with van der Waals surface area (Å²) < 4.78 is 0. The molecular weight excluding hydrogens is 263 g/mol. The van der Waals surface area contributed by atoms with Gasteiger partial charge in [-0.05, 0) is 43.0 Å². The Morgan fingerprint density at radius 1 is 0.933 bits per heavy atom. The molecule has 0 unspecified atom stereocenters. The van der Waals surface area contributed by atoms with Crippen molar-refractivity contribution in [2.45, 2.75) is 20.8 Å². The first-order valence-electron chi connectivity index (χ1n) is 4.69. The van der Waals surface area contributed by atoms with E-state index in [1.165, 1.54) is 27.8 Å². The number of aryl methyl sites for hydroxylation is 2. The summed E-state index contributed by atoms with van der Waals surface area (Å²) in [6, 6.07) is 4.38. The van der Waals surface area contributed by atoms with Crippen LogP contribution in [0.4, 0.5) is 0 Å². The minimum absolute atomic E-state index is 0.556. The van der Waals surface area contributed by atoms with Gasteiger partial charge < -0.3 is 0 Å². The van der Waals surface area contributed by atoms with Gasteiger partial charge in [-0.1, -0.05) is 23.8 Å². The van der Waals surface area contributed by atoms with Gasteiger partial charge in [0.2, 0.25) is 0 Å². The fourth-order valence-corrected chi connectivity index (χ4v) is 1.73. The fourth-order valence-electron chi connectivity index (χ4n) is 1.73. The Kier molecular flexibility index (Phi) is 5.42. The minimum atomic E-state index is -0.556. The van der Waals surface area contributed by atoms with Gasteiger partial charge in [-0.15, -0.1) is 0 Å². The van der Waals surface area contributed by atoms with E-state index in [0.29, 0.717) is 0 Å². The summed E-state index contributed by atoms with van der Waals surface area (Å²) in [6.45, 7) is 6.49. The van der Waals surface area contributed by atoms with Crippen molar-refractivity contribution < 1.29 is 17.0 Å². The molecule has 0 aromatic heterocycles. The summed E-state index contributed by atoms with van der Waals surface area (Å²) in [6.07, 6.45) is 4.52. The van der Waals surface area contributed by atoms with Crippen LogP contribution in [0, 0.1) is 20.3 Å². The molecule has 79 valence electrons. The summed E-state index contributed by atoms with van der Waals surface area (Å²) >= 11 is -0.556. The van der Waals surface area contributed by atoms with Crippen molar-refractivity contribution in [2.75, 3.05) is 0 Å². The molecule has 1 aromatic carbocycles. The Morgan fingerprint density at radius 2 is 1.40 bits per heavy atom. The first-order chi connectivity index (χ1) is 7.10. The molecule has 0 nitrogen and oxygen atoms in total. The second kappa shape index (κ2) is 6.10. The number of benzene rings is 1. The zero-order valence-corrected chi connectivity index (χ0v) is 12.1. The molecule has 3 heteroatoms. The van der Waals surface area contributed by atoms with Gasteiger partial charge in [-0.25, -0.2) is 0 Å². The first-order valence-corrected chi connectivity index (χ1v) is 8.99. The molecule has 1 aliphatic carbocycles. The van der Waals surface area contributed by atoms with E-state index in [1.807, 2.05) is 0 Å². The van der Waals surface area contributed by atoms with Gasteiger partial charge >= 0.3 is 35.6 Å². The number of hydrogen-bond donors (Lipinski definition) is 0. The summed E-state index contributed by atoms with van der Waals surface area (Å²) in [7, 11) is 9.78. The molecule has 0 fully saturated rings. The third-order valence-electron chi connectivity index (χ3n) is 2.47. The monoisotopic (exact) mass is 275 g/mol. The maximum absolute atomic E-state index is 4.89. The van der Waals surface area contributed by atoms with Crippen LogP contribution in [0.1, 0.15) is 29.2 Å². The van der Waals surface area contributed by atoms with Crippen LogP contribution in [0.5, 0.6) is 0 Å². The van der Waals surface area contributed by atoms with E-state index in [9.17, 15) is 0 Å². The molecule has 0 aliphatic heterocycles. The standard InChI is InChI=1S/C12H13.2ClH.Ti/c1-8-6-11-9(2)4-5-10(3)12(11)7-8;;;/h4-7H,1-3H3;2*1H;/q;;;+2/p-2. The molecule has 1 aromatic rings. The van der Waals surface area contributed by atoms with Gasteiger partial charge in [-0.2, -0.15) is 0 Å². The zero-order chi connectivity index (χ0) is 11.4. The van der Waals surface area contributed by atoms with Crippen molar-refractivity contribution in [1.82, 2.24) is 0 Å². The molecule has 0 spiro atoms. The SMILES string of the molecule is CC1=Cc2c(C)ccc(C)c2[CH]1.[Cl][Ti][Cl]. The molecule has 1 aliphatic rings. The molecule has 0 amide bonds. The third-order valence-corrected chi connectivity index (χ3v) is 2.47. The third kappa shape index (κ3) is 3.36. The molecule has 0 saturated carbocycles. The van der Waals surface area contributed by atoms with E-state index in [2.05, 4.69) is 45.4 Å². The van der Waals surface area contributed by atoms with Gasteiger partial charge in [0.15, 0.2) is 0 Å². The zero-order valence-electron chi connectivity index (χ0n) is 9.07. The number of rotatable bonds is 0. The molecule has 15 heavy (non-hydrogen) atoms. The molecule has 0 heterocycles. The van der Waals surface area contributed by atoms with E-state index in [-0.39, 0.29) is 0 Å². The predicted octanol–water partition coefficient (Wildman–Crippen LogP) is 4.65. The Balaban J connectivity index is 0.000000337. The van der Waals surface area contributed by atoms with Crippen molar-refractivity contribution in [2.24, 2.45) is 0 Å². The second-order valence-electron chi connectivity index (χ2n) is 3.63. The normalized spacial score (nSPS) is 12.5. The summed E-state index contributed by atoms with van der Waals surface area (Å²) in [5, 5.41) is 0. The van der Waals surface area contributed by atoms with Gasteiger partial charge in [0.1, 0.15) is 0 Å². The van der Waals surface area contributed by atoms with Gasteiger partial charge in [0, 0.05) is 6.42 Å².